The Morgan fingerprint density at radius 3 is 2.19 bits per heavy atom. The van der Waals surface area contributed by atoms with E-state index >= 15 is 0 Å². The predicted molar refractivity (Wildman–Crippen MR) is 90.9 cm³/mol. The van der Waals surface area contributed by atoms with Crippen LogP contribution in [0.3, 0.4) is 0 Å². The van der Waals surface area contributed by atoms with E-state index in [2.05, 4.69) is 9.47 Å². The van der Waals surface area contributed by atoms with E-state index in [0.29, 0.717) is 10.9 Å². The maximum absolute atomic E-state index is 12.7. The number of aryl methyl sites for hydroxylation is 1. The molecule has 0 aliphatic carbocycles. The lowest BCUT2D eigenvalue weighted by Gasteiger charge is -2.18. The fraction of sp³-hybridized carbons (Fsp3) is 0.312. The zero-order chi connectivity index (χ0) is 20.0. The molecule has 0 fully saturated rings. The summed E-state index contributed by atoms with van der Waals surface area (Å²) in [7, 11) is -4.33. The second-order valence-corrected chi connectivity index (χ2v) is 6.80. The van der Waals surface area contributed by atoms with Crippen LogP contribution >= 0.6 is 7.82 Å². The number of phosphoric acid groups is 1. The minimum atomic E-state index is -4.33. The van der Waals surface area contributed by atoms with Gasteiger partial charge in [0.15, 0.2) is 0 Å². The largest absolute Gasteiger partial charge is 0.535 e. The van der Waals surface area contributed by atoms with Gasteiger partial charge in [0.1, 0.15) is 11.3 Å². The molecule has 2 rings (SSSR count). The minimum absolute atomic E-state index is 0.00904. The summed E-state index contributed by atoms with van der Waals surface area (Å²) < 4.78 is 41.8. The van der Waals surface area contributed by atoms with Gasteiger partial charge in [-0.1, -0.05) is 0 Å². The first-order valence-corrected chi connectivity index (χ1v) is 9.04. The van der Waals surface area contributed by atoms with Crippen LogP contribution in [-0.2, 0) is 32.7 Å². The van der Waals surface area contributed by atoms with Gasteiger partial charge in [0.2, 0.25) is 13.6 Å². The summed E-state index contributed by atoms with van der Waals surface area (Å²) in [6.45, 7) is 2.56. The van der Waals surface area contributed by atoms with Gasteiger partial charge in [-0.05, 0) is 24.6 Å². The van der Waals surface area contributed by atoms with Gasteiger partial charge in [-0.15, -0.1) is 0 Å². The van der Waals surface area contributed by atoms with Gasteiger partial charge in [0.05, 0.1) is 0 Å². The van der Waals surface area contributed by atoms with Crippen LogP contribution in [0.2, 0.25) is 0 Å². The molecule has 0 spiro atoms. The lowest BCUT2D eigenvalue weighted by atomic mass is 10.1. The van der Waals surface area contributed by atoms with E-state index in [0.717, 1.165) is 13.8 Å². The van der Waals surface area contributed by atoms with Crippen LogP contribution < -0.4 is 10.1 Å². The van der Waals surface area contributed by atoms with Crippen molar-refractivity contribution < 1.29 is 41.6 Å². The van der Waals surface area contributed by atoms with Gasteiger partial charge in [0, 0.05) is 31.4 Å². The molecule has 0 N–H and O–H groups in total. The lowest BCUT2D eigenvalue weighted by molar-refractivity contribution is -0.150. The fourth-order valence-electron chi connectivity index (χ4n) is 1.93. The second-order valence-electron chi connectivity index (χ2n) is 5.21. The Labute approximate surface area is 153 Å². The first kappa shape index (κ1) is 20.6. The molecule has 0 radical (unpaired) electrons. The van der Waals surface area contributed by atoms with E-state index in [9.17, 15) is 18.9 Å². The summed E-state index contributed by atoms with van der Waals surface area (Å²) in [6.07, 6.45) is 0. The highest BCUT2D eigenvalue weighted by Gasteiger charge is 2.30. The van der Waals surface area contributed by atoms with Crippen molar-refractivity contribution in [2.45, 2.75) is 20.8 Å². The molecule has 0 amide bonds. The molecule has 0 saturated heterocycles. The Balaban J connectivity index is 2.23. The van der Waals surface area contributed by atoms with Crippen molar-refractivity contribution in [3.8, 4) is 5.75 Å². The number of benzene rings is 1. The van der Waals surface area contributed by atoms with Crippen LogP contribution in [0, 0.1) is 6.92 Å². The van der Waals surface area contributed by atoms with Crippen molar-refractivity contribution in [1.29, 1.82) is 0 Å². The van der Waals surface area contributed by atoms with Gasteiger partial charge < -0.3 is 18.4 Å². The van der Waals surface area contributed by atoms with Crippen molar-refractivity contribution in [3.63, 3.8) is 0 Å². The molecule has 0 atom stereocenters. The van der Waals surface area contributed by atoms with E-state index in [1.807, 2.05) is 0 Å². The highest BCUT2D eigenvalue weighted by Crippen LogP contribution is 2.49. The number of hydrogen-bond acceptors (Lipinski definition) is 10. The molecule has 0 aliphatic rings. The van der Waals surface area contributed by atoms with Crippen molar-refractivity contribution in [2.75, 3.05) is 13.6 Å². The van der Waals surface area contributed by atoms with Crippen molar-refractivity contribution in [2.24, 2.45) is 0 Å². The maximum atomic E-state index is 12.7. The number of hydrogen-bond donors (Lipinski definition) is 0. The number of carbonyl (C=O) groups is 2. The van der Waals surface area contributed by atoms with Gasteiger partial charge >= 0.3 is 25.4 Å². The average molecular weight is 400 g/mol. The summed E-state index contributed by atoms with van der Waals surface area (Å²) in [4.78, 5) is 33.1. The molecule has 0 bridgehead atoms. The summed E-state index contributed by atoms with van der Waals surface area (Å²) in [6, 6.07) is 5.69. The van der Waals surface area contributed by atoms with Crippen LogP contribution in [0.4, 0.5) is 0 Å². The number of esters is 2. The number of ether oxygens (including phenoxy) is 2. The predicted octanol–water partition coefficient (Wildman–Crippen LogP) is 2.66. The number of carbonyl (C=O) groups excluding carboxylic acids is 2. The van der Waals surface area contributed by atoms with E-state index < -0.39 is 39.0 Å². The molecule has 10 nitrogen and oxygen atoms in total. The first-order valence-electron chi connectivity index (χ1n) is 7.58. The Morgan fingerprint density at radius 1 is 1.04 bits per heavy atom. The summed E-state index contributed by atoms with van der Waals surface area (Å²) >= 11 is 0. The molecule has 27 heavy (non-hydrogen) atoms. The highest BCUT2D eigenvalue weighted by atomic mass is 31.2. The third-order valence-corrected chi connectivity index (χ3v) is 4.36. The monoisotopic (exact) mass is 400 g/mol. The Morgan fingerprint density at radius 2 is 1.63 bits per heavy atom. The third-order valence-electron chi connectivity index (χ3n) is 3.09. The average Bonchev–Trinajstić information content (AvgIpc) is 2.53. The Kier molecular flexibility index (Phi) is 6.73. The zero-order valence-electron chi connectivity index (χ0n) is 14.8. The minimum Gasteiger partial charge on any atom is -0.438 e. The molecule has 1 heterocycles. The molecule has 0 saturated carbocycles. The zero-order valence-corrected chi connectivity index (χ0v) is 15.6. The highest BCUT2D eigenvalue weighted by molar-refractivity contribution is 7.48. The smallest absolute Gasteiger partial charge is 0.438 e. The maximum Gasteiger partial charge on any atom is 0.535 e. The van der Waals surface area contributed by atoms with Crippen molar-refractivity contribution in [3.05, 3.63) is 40.2 Å². The van der Waals surface area contributed by atoms with E-state index in [-0.39, 0.29) is 11.3 Å². The molecule has 11 heteroatoms. The van der Waals surface area contributed by atoms with Crippen LogP contribution in [0.1, 0.15) is 19.4 Å². The van der Waals surface area contributed by atoms with Crippen molar-refractivity contribution in [1.82, 2.24) is 0 Å². The van der Waals surface area contributed by atoms with E-state index in [4.69, 9.17) is 18.0 Å². The SMILES string of the molecule is CC(=O)OCOP(=O)(OCOC(C)=O)Oc1ccc2c(C)cc(=O)oc2c1. The standard InChI is InChI=1S/C16H17O10P/c1-10-6-16(19)25-15-7-13(4-5-14(10)15)26-27(20,23-8-21-11(2)17)24-9-22-12(3)18/h4-7H,8-9H2,1-3H3. The Bertz CT molecular complexity index is 924. The van der Waals surface area contributed by atoms with Crippen LogP contribution in [0.15, 0.2) is 33.5 Å². The van der Waals surface area contributed by atoms with Crippen LogP contribution in [0.5, 0.6) is 5.75 Å². The molecule has 0 unspecified atom stereocenters. The fourth-order valence-corrected chi connectivity index (χ4v) is 2.84. The molecule has 0 aliphatic heterocycles. The van der Waals surface area contributed by atoms with Crippen LogP contribution in [0.25, 0.3) is 11.0 Å². The van der Waals surface area contributed by atoms with E-state index in [1.165, 1.54) is 18.2 Å². The summed E-state index contributed by atoms with van der Waals surface area (Å²) in [5.41, 5.74) is 0.328. The third kappa shape index (κ3) is 6.21. The van der Waals surface area contributed by atoms with Crippen LogP contribution in [-0.4, -0.2) is 25.5 Å². The number of rotatable bonds is 8. The molecule has 1 aromatic carbocycles. The molecule has 146 valence electrons. The molecular weight excluding hydrogens is 383 g/mol. The lowest BCUT2D eigenvalue weighted by Crippen LogP contribution is -2.11. The van der Waals surface area contributed by atoms with Gasteiger partial charge in [-0.25, -0.2) is 18.4 Å². The normalized spacial score (nSPS) is 11.2. The van der Waals surface area contributed by atoms with Crippen molar-refractivity contribution >= 4 is 30.7 Å². The topological polar surface area (TPSA) is 128 Å². The number of fused-ring (bicyclic) bond motifs is 1. The molecule has 2 aromatic rings. The number of phosphoric ester groups is 1. The summed E-state index contributed by atoms with van der Waals surface area (Å²) in [5.74, 6) is -1.36. The van der Waals surface area contributed by atoms with Gasteiger partial charge in [-0.3, -0.25) is 9.59 Å². The molecular formula is C16H17O10P. The van der Waals surface area contributed by atoms with Gasteiger partial charge in [0.25, 0.3) is 0 Å². The second kappa shape index (κ2) is 8.81. The summed E-state index contributed by atoms with van der Waals surface area (Å²) in [5, 5.41) is 0.651. The Hall–Kier alpha value is -2.68. The molecule has 1 aromatic heterocycles. The quantitative estimate of drug-likeness (QED) is 0.282. The van der Waals surface area contributed by atoms with Gasteiger partial charge in [-0.2, -0.15) is 0 Å². The van der Waals surface area contributed by atoms with E-state index in [1.54, 1.807) is 13.0 Å². The first-order chi connectivity index (χ1) is 12.7.